The highest BCUT2D eigenvalue weighted by atomic mass is 32.2. The van der Waals surface area contributed by atoms with Gasteiger partial charge < -0.3 is 24.4 Å². The summed E-state index contributed by atoms with van der Waals surface area (Å²) in [5.41, 5.74) is 0.715. The number of aliphatic hydroxyl groups is 2. The Bertz CT molecular complexity index is 962. The van der Waals surface area contributed by atoms with E-state index in [0.717, 1.165) is 11.1 Å². The third-order valence-electron chi connectivity index (χ3n) is 5.17. The second-order valence-electron chi connectivity index (χ2n) is 8.00. The van der Waals surface area contributed by atoms with Gasteiger partial charge in [0.15, 0.2) is 15.3 Å². The number of ether oxygens (including phenoxy) is 3. The number of aliphatic hydroxyl groups excluding tert-OH is 2. The Labute approximate surface area is 189 Å². The van der Waals surface area contributed by atoms with E-state index in [9.17, 15) is 18.6 Å². The van der Waals surface area contributed by atoms with Crippen LogP contribution in [0.3, 0.4) is 0 Å². The Hall–Kier alpha value is -2.07. The molecule has 0 bridgehead atoms. The van der Waals surface area contributed by atoms with E-state index in [2.05, 4.69) is 6.58 Å². The molecule has 32 heavy (non-hydrogen) atoms. The van der Waals surface area contributed by atoms with Crippen molar-refractivity contribution in [1.29, 1.82) is 0 Å². The lowest BCUT2D eigenvalue weighted by atomic mass is 9.99. The van der Waals surface area contributed by atoms with E-state index < -0.39 is 46.3 Å². The maximum Gasteiger partial charge on any atom is 0.188 e. The molecule has 2 aromatic rings. The van der Waals surface area contributed by atoms with Gasteiger partial charge in [-0.05, 0) is 18.1 Å². The molecule has 0 amide bonds. The average Bonchev–Trinajstić information content (AvgIpc) is 2.77. The largest absolute Gasteiger partial charge is 0.394 e. The zero-order valence-electron chi connectivity index (χ0n) is 18.0. The summed E-state index contributed by atoms with van der Waals surface area (Å²) in [5.74, 6) is -0.303. The van der Waals surface area contributed by atoms with Gasteiger partial charge >= 0.3 is 0 Å². The predicted octanol–water partition coefficient (Wildman–Crippen LogP) is 2.23. The fourth-order valence-electron chi connectivity index (χ4n) is 3.66. The van der Waals surface area contributed by atoms with Crippen LogP contribution in [0.4, 0.5) is 0 Å². The molecule has 1 aliphatic rings. The normalized spacial score (nSPS) is 26.0. The van der Waals surface area contributed by atoms with Gasteiger partial charge in [0, 0.05) is 0 Å². The summed E-state index contributed by atoms with van der Waals surface area (Å²) in [6.45, 7) is 5.00. The summed E-state index contributed by atoms with van der Waals surface area (Å²) in [5, 5.41) is 20.6. The van der Waals surface area contributed by atoms with Crippen LogP contribution >= 0.6 is 0 Å². The molecule has 7 nitrogen and oxygen atoms in total. The Kier molecular flexibility index (Phi) is 8.58. The highest BCUT2D eigenvalue weighted by molar-refractivity contribution is 7.92. The predicted molar refractivity (Wildman–Crippen MR) is 120 cm³/mol. The molecule has 5 atom stereocenters. The van der Waals surface area contributed by atoms with E-state index in [1.807, 2.05) is 60.7 Å². The van der Waals surface area contributed by atoms with Crippen molar-refractivity contribution in [3.8, 4) is 0 Å². The Morgan fingerprint density at radius 2 is 1.47 bits per heavy atom. The monoisotopic (exact) mass is 462 g/mol. The lowest BCUT2D eigenvalue weighted by Crippen LogP contribution is -2.62. The van der Waals surface area contributed by atoms with Gasteiger partial charge in [-0.25, -0.2) is 8.42 Å². The van der Waals surface area contributed by atoms with Gasteiger partial charge in [0.25, 0.3) is 0 Å². The van der Waals surface area contributed by atoms with Crippen molar-refractivity contribution in [2.75, 3.05) is 12.4 Å². The molecule has 0 spiro atoms. The molecule has 1 heterocycles. The first kappa shape index (κ1) is 24.6. The van der Waals surface area contributed by atoms with Gasteiger partial charge in [0.05, 0.1) is 25.6 Å². The van der Waals surface area contributed by atoms with Crippen molar-refractivity contribution in [3.63, 3.8) is 0 Å². The quantitative estimate of drug-likeness (QED) is 0.522. The van der Waals surface area contributed by atoms with Crippen LogP contribution in [0.25, 0.3) is 0 Å². The van der Waals surface area contributed by atoms with Gasteiger partial charge in [0.1, 0.15) is 24.4 Å². The summed E-state index contributed by atoms with van der Waals surface area (Å²) >= 11 is 0. The molecular formula is C24H30O7S. The summed E-state index contributed by atoms with van der Waals surface area (Å²) in [7, 11) is -3.87. The van der Waals surface area contributed by atoms with Crippen molar-refractivity contribution in [2.24, 2.45) is 0 Å². The summed E-state index contributed by atoms with van der Waals surface area (Å²) in [6.07, 6.45) is -4.55. The van der Waals surface area contributed by atoms with Crippen molar-refractivity contribution >= 4 is 9.84 Å². The first-order valence-electron chi connectivity index (χ1n) is 10.4. The maximum atomic E-state index is 13.1. The lowest BCUT2D eigenvalue weighted by Gasteiger charge is -2.43. The second kappa shape index (κ2) is 11.2. The summed E-state index contributed by atoms with van der Waals surface area (Å²) in [4.78, 5) is 0. The van der Waals surface area contributed by atoms with Crippen LogP contribution in [-0.2, 0) is 37.3 Å². The fraction of sp³-hybridized carbons (Fsp3) is 0.417. The molecule has 1 aliphatic heterocycles. The zero-order chi connectivity index (χ0) is 23.1. The first-order chi connectivity index (χ1) is 15.3. The number of hydrogen-bond donors (Lipinski definition) is 2. The highest BCUT2D eigenvalue weighted by Crippen LogP contribution is 2.31. The van der Waals surface area contributed by atoms with E-state index in [-0.39, 0.29) is 19.0 Å². The molecule has 1 unspecified atom stereocenters. The van der Waals surface area contributed by atoms with Gasteiger partial charge in [-0.3, -0.25) is 0 Å². The van der Waals surface area contributed by atoms with E-state index in [1.165, 1.54) is 0 Å². The van der Waals surface area contributed by atoms with Crippen LogP contribution in [0.2, 0.25) is 0 Å². The molecule has 174 valence electrons. The molecule has 0 aliphatic carbocycles. The smallest absolute Gasteiger partial charge is 0.188 e. The molecule has 0 radical (unpaired) electrons. The minimum atomic E-state index is -3.87. The summed E-state index contributed by atoms with van der Waals surface area (Å²) in [6, 6.07) is 18.6. The number of sulfone groups is 1. The molecule has 2 aromatic carbocycles. The van der Waals surface area contributed by atoms with Gasteiger partial charge in [-0.15, -0.1) is 0 Å². The number of hydrogen-bond acceptors (Lipinski definition) is 7. The molecule has 3 rings (SSSR count). The van der Waals surface area contributed by atoms with Gasteiger partial charge in [0.2, 0.25) is 0 Å². The topological polar surface area (TPSA) is 102 Å². The molecule has 1 fully saturated rings. The third kappa shape index (κ3) is 6.25. The zero-order valence-corrected chi connectivity index (χ0v) is 18.9. The standard InChI is InChI=1S/C24H30O7S/c1-17(2)16-32(27,28)24-23(30-15-19-11-7-4-8-12-19)22(21(26)20(13-25)31-24)29-14-18-9-5-3-6-10-18/h3-12,20-26H,1,13-16H2,2H3/t20-,21-,22+,23-,24?/m1/s1. The summed E-state index contributed by atoms with van der Waals surface area (Å²) < 4.78 is 43.9. The second-order valence-corrected chi connectivity index (χ2v) is 10.1. The van der Waals surface area contributed by atoms with Crippen LogP contribution in [0.15, 0.2) is 72.8 Å². The fourth-order valence-corrected chi connectivity index (χ4v) is 5.46. The van der Waals surface area contributed by atoms with Crippen LogP contribution < -0.4 is 0 Å². The molecule has 2 N–H and O–H groups in total. The van der Waals surface area contributed by atoms with E-state index in [1.54, 1.807) is 6.92 Å². The Balaban J connectivity index is 1.90. The van der Waals surface area contributed by atoms with Crippen molar-refractivity contribution in [2.45, 2.75) is 50.0 Å². The Morgan fingerprint density at radius 1 is 0.969 bits per heavy atom. The third-order valence-corrected chi connectivity index (χ3v) is 7.15. The van der Waals surface area contributed by atoms with Crippen molar-refractivity contribution in [1.82, 2.24) is 0 Å². The first-order valence-corrected chi connectivity index (χ1v) is 12.1. The van der Waals surface area contributed by atoms with E-state index in [4.69, 9.17) is 14.2 Å². The van der Waals surface area contributed by atoms with Crippen LogP contribution in [-0.4, -0.2) is 60.8 Å². The van der Waals surface area contributed by atoms with Crippen molar-refractivity contribution in [3.05, 3.63) is 83.9 Å². The molecular weight excluding hydrogens is 432 g/mol. The molecule has 1 saturated heterocycles. The minimum Gasteiger partial charge on any atom is -0.394 e. The van der Waals surface area contributed by atoms with Gasteiger partial charge in [-0.1, -0.05) is 72.8 Å². The van der Waals surface area contributed by atoms with Crippen LogP contribution in [0.1, 0.15) is 18.1 Å². The Morgan fingerprint density at radius 3 is 1.94 bits per heavy atom. The van der Waals surface area contributed by atoms with Crippen molar-refractivity contribution < 1.29 is 32.8 Å². The molecule has 8 heteroatoms. The van der Waals surface area contributed by atoms with Gasteiger partial charge in [-0.2, -0.15) is 0 Å². The number of rotatable bonds is 10. The minimum absolute atomic E-state index is 0.107. The van der Waals surface area contributed by atoms with E-state index in [0.29, 0.717) is 5.57 Å². The lowest BCUT2D eigenvalue weighted by molar-refractivity contribution is -0.239. The number of benzene rings is 2. The highest BCUT2D eigenvalue weighted by Gasteiger charge is 2.51. The SMILES string of the molecule is C=C(C)CS(=O)(=O)C1O[C@H](CO)[C@@H](O)[C@H](OCc2ccccc2)[C@H]1OCc1ccccc1. The molecule has 0 aromatic heterocycles. The van der Waals surface area contributed by atoms with E-state index >= 15 is 0 Å². The maximum absolute atomic E-state index is 13.1. The molecule has 0 saturated carbocycles. The van der Waals surface area contributed by atoms with Crippen LogP contribution in [0.5, 0.6) is 0 Å². The van der Waals surface area contributed by atoms with Crippen LogP contribution in [0, 0.1) is 0 Å². The average molecular weight is 463 g/mol.